The molecule has 1 saturated carbocycles. The van der Waals surface area contributed by atoms with E-state index in [1.54, 1.807) is 17.2 Å². The summed E-state index contributed by atoms with van der Waals surface area (Å²) in [5.74, 6) is 0.704. The summed E-state index contributed by atoms with van der Waals surface area (Å²) in [5.41, 5.74) is 5.70. The largest absolute Gasteiger partial charge is 0.388 e. The van der Waals surface area contributed by atoms with E-state index in [-0.39, 0.29) is 17.9 Å². The summed E-state index contributed by atoms with van der Waals surface area (Å²) < 4.78 is 0. The van der Waals surface area contributed by atoms with Crippen molar-refractivity contribution in [1.29, 1.82) is 0 Å². The van der Waals surface area contributed by atoms with Crippen LogP contribution >= 0.6 is 11.6 Å². The molecule has 7 heteroatoms. The zero-order valence-corrected chi connectivity index (χ0v) is 23.2. The Morgan fingerprint density at radius 1 is 1.08 bits per heavy atom. The van der Waals surface area contributed by atoms with Crippen LogP contribution < -0.4 is 0 Å². The molecule has 4 atom stereocenters. The van der Waals surface area contributed by atoms with Crippen molar-refractivity contribution in [1.82, 2.24) is 20.1 Å². The topological polar surface area (TPSA) is 82.1 Å². The molecule has 2 N–H and O–H groups in total. The van der Waals surface area contributed by atoms with Crippen LogP contribution in [0, 0.1) is 18.8 Å². The number of amides is 1. The number of rotatable bonds is 9. The molecule has 0 spiro atoms. The van der Waals surface area contributed by atoms with Gasteiger partial charge >= 0.3 is 0 Å². The highest BCUT2D eigenvalue weighted by molar-refractivity contribution is 6.29. The Labute approximate surface area is 235 Å². The van der Waals surface area contributed by atoms with Crippen molar-refractivity contribution in [3.05, 3.63) is 118 Å². The van der Waals surface area contributed by atoms with Crippen LogP contribution in [0.2, 0.25) is 5.15 Å². The third-order valence-corrected chi connectivity index (χ3v) is 8.20. The molecular formula is C32H35ClN4O2. The average Bonchev–Trinajstić information content (AvgIpc) is 3.61. The molecule has 1 fully saturated rings. The minimum atomic E-state index is -0.516. The normalized spacial score (nSPS) is 18.6. The molecule has 1 amide bonds. The molecule has 2 aromatic heterocycles. The SMILES string of the molecule is Cc1cc(C(Cc2ccccc2)N(C)C(=O)c2ccc(C[C@@H]3CC[C@H]([C@H](O)c4ccc(Cl)nc4)C3)cc2)n[nH]1. The van der Waals surface area contributed by atoms with Crippen LogP contribution in [0.25, 0.3) is 0 Å². The van der Waals surface area contributed by atoms with Gasteiger partial charge in [-0.2, -0.15) is 5.10 Å². The molecule has 4 aromatic rings. The van der Waals surface area contributed by atoms with E-state index in [4.69, 9.17) is 11.6 Å². The van der Waals surface area contributed by atoms with E-state index >= 15 is 0 Å². The third-order valence-electron chi connectivity index (χ3n) is 7.97. The molecule has 2 aromatic carbocycles. The van der Waals surface area contributed by atoms with Gasteiger partial charge < -0.3 is 10.0 Å². The number of aromatic nitrogens is 3. The van der Waals surface area contributed by atoms with E-state index in [0.29, 0.717) is 23.1 Å². The van der Waals surface area contributed by atoms with Gasteiger partial charge in [-0.05, 0) is 91.8 Å². The van der Waals surface area contributed by atoms with Crippen molar-refractivity contribution < 1.29 is 9.90 Å². The van der Waals surface area contributed by atoms with Gasteiger partial charge in [-0.1, -0.05) is 60.1 Å². The van der Waals surface area contributed by atoms with Crippen LogP contribution in [0.3, 0.4) is 0 Å². The van der Waals surface area contributed by atoms with Crippen molar-refractivity contribution in [3.8, 4) is 0 Å². The summed E-state index contributed by atoms with van der Waals surface area (Å²) in [5, 5.41) is 18.8. The number of aromatic amines is 1. The lowest BCUT2D eigenvalue weighted by Gasteiger charge is -2.27. The van der Waals surface area contributed by atoms with Gasteiger partial charge in [0.25, 0.3) is 5.91 Å². The summed E-state index contributed by atoms with van der Waals surface area (Å²) in [6.07, 6.45) is 5.82. The highest BCUT2D eigenvalue weighted by atomic mass is 35.5. The van der Waals surface area contributed by atoms with Gasteiger partial charge in [0.05, 0.1) is 17.8 Å². The van der Waals surface area contributed by atoms with Gasteiger partial charge in [-0.25, -0.2) is 4.98 Å². The number of halogens is 1. The molecule has 2 heterocycles. The van der Waals surface area contributed by atoms with Gasteiger partial charge in [-0.3, -0.25) is 9.89 Å². The highest BCUT2D eigenvalue weighted by Gasteiger charge is 2.31. The lowest BCUT2D eigenvalue weighted by atomic mass is 9.92. The smallest absolute Gasteiger partial charge is 0.254 e. The first-order valence-corrected chi connectivity index (χ1v) is 14.0. The number of aliphatic hydroxyl groups is 1. The Bertz CT molecular complexity index is 1370. The molecule has 0 bridgehead atoms. The number of benzene rings is 2. The number of likely N-dealkylation sites (N-methyl/N-ethyl adjacent to an activating group) is 1. The number of aryl methyl sites for hydroxylation is 1. The number of aliphatic hydroxyl groups excluding tert-OH is 1. The lowest BCUT2D eigenvalue weighted by molar-refractivity contribution is 0.0726. The predicted octanol–water partition coefficient (Wildman–Crippen LogP) is 6.51. The number of hydrogen-bond acceptors (Lipinski definition) is 4. The van der Waals surface area contributed by atoms with E-state index in [0.717, 1.165) is 48.2 Å². The summed E-state index contributed by atoms with van der Waals surface area (Å²) >= 11 is 5.89. The van der Waals surface area contributed by atoms with Crippen LogP contribution in [-0.2, 0) is 12.8 Å². The van der Waals surface area contributed by atoms with Crippen molar-refractivity contribution in [2.45, 2.75) is 51.2 Å². The zero-order chi connectivity index (χ0) is 27.4. The first-order chi connectivity index (χ1) is 18.9. The van der Waals surface area contributed by atoms with Gasteiger partial charge in [-0.15, -0.1) is 0 Å². The summed E-state index contributed by atoms with van der Waals surface area (Å²) in [4.78, 5) is 19.4. The molecule has 39 heavy (non-hydrogen) atoms. The van der Waals surface area contributed by atoms with E-state index in [2.05, 4.69) is 39.4 Å². The molecule has 0 aliphatic heterocycles. The summed E-state index contributed by atoms with van der Waals surface area (Å²) in [6.45, 7) is 1.97. The number of pyridine rings is 1. The third kappa shape index (κ3) is 6.57. The van der Waals surface area contributed by atoms with Crippen molar-refractivity contribution in [2.75, 3.05) is 7.05 Å². The van der Waals surface area contributed by atoms with Crippen molar-refractivity contribution >= 4 is 17.5 Å². The average molecular weight is 543 g/mol. The fraction of sp³-hybridized carbons (Fsp3) is 0.344. The molecular weight excluding hydrogens is 508 g/mol. The Balaban J connectivity index is 1.22. The second-order valence-electron chi connectivity index (χ2n) is 10.8. The van der Waals surface area contributed by atoms with Crippen LogP contribution in [0.5, 0.6) is 0 Å². The van der Waals surface area contributed by atoms with Crippen LogP contribution in [0.1, 0.15) is 69.8 Å². The van der Waals surface area contributed by atoms with Crippen LogP contribution in [-0.4, -0.2) is 38.1 Å². The zero-order valence-electron chi connectivity index (χ0n) is 22.4. The molecule has 6 nitrogen and oxygen atoms in total. The molecule has 1 aliphatic rings. The standard InChI is InChI=1S/C32H35ClN4O2/c1-21-16-28(36-35-21)29(19-22-6-4-3-5-7-22)37(2)32(39)25-11-8-23(9-12-25)17-24-10-13-26(18-24)31(38)27-14-15-30(33)34-20-27/h3-9,11-12,14-16,20,24,26,29,31,38H,10,13,17-19H2,1-2H3,(H,35,36)/t24-,26-,29?,31-/m0/s1. The summed E-state index contributed by atoms with van der Waals surface area (Å²) in [6, 6.07) is 23.6. The fourth-order valence-electron chi connectivity index (χ4n) is 5.77. The van der Waals surface area contributed by atoms with Crippen LogP contribution in [0.15, 0.2) is 79.0 Å². The fourth-order valence-corrected chi connectivity index (χ4v) is 5.88. The first kappa shape index (κ1) is 27.1. The number of nitrogens with one attached hydrogen (secondary N) is 1. The number of carbonyl (C=O) groups excluding carboxylic acids is 1. The number of carbonyl (C=O) groups is 1. The van der Waals surface area contributed by atoms with Gasteiger partial charge in [0.15, 0.2) is 0 Å². The maximum atomic E-state index is 13.5. The monoisotopic (exact) mass is 542 g/mol. The lowest BCUT2D eigenvalue weighted by Crippen LogP contribution is -2.32. The maximum Gasteiger partial charge on any atom is 0.254 e. The molecule has 0 radical (unpaired) electrons. The van der Waals surface area contributed by atoms with Crippen LogP contribution in [0.4, 0.5) is 0 Å². The highest BCUT2D eigenvalue weighted by Crippen LogP contribution is 2.40. The predicted molar refractivity (Wildman–Crippen MR) is 153 cm³/mol. The minimum absolute atomic E-state index is 0.0243. The molecule has 1 unspecified atom stereocenters. The van der Waals surface area contributed by atoms with E-state index in [9.17, 15) is 9.90 Å². The Hall–Kier alpha value is -3.48. The molecule has 5 rings (SSSR count). The Morgan fingerprint density at radius 2 is 1.85 bits per heavy atom. The Kier molecular flexibility index (Phi) is 8.44. The number of H-pyrrole nitrogens is 1. The maximum absolute atomic E-state index is 13.5. The minimum Gasteiger partial charge on any atom is -0.388 e. The quantitative estimate of drug-likeness (QED) is 0.236. The number of nitrogens with zero attached hydrogens (tertiary/aromatic N) is 3. The van der Waals surface area contributed by atoms with E-state index < -0.39 is 6.10 Å². The van der Waals surface area contributed by atoms with E-state index in [1.807, 2.05) is 56.4 Å². The number of hydrogen-bond donors (Lipinski definition) is 2. The first-order valence-electron chi connectivity index (χ1n) is 13.6. The van der Waals surface area contributed by atoms with Gasteiger partial charge in [0.1, 0.15) is 5.15 Å². The molecule has 202 valence electrons. The second-order valence-corrected chi connectivity index (χ2v) is 11.2. The second kappa shape index (κ2) is 12.1. The van der Waals surface area contributed by atoms with Crippen molar-refractivity contribution in [2.24, 2.45) is 11.8 Å². The molecule has 0 saturated heterocycles. The van der Waals surface area contributed by atoms with E-state index in [1.165, 1.54) is 5.56 Å². The van der Waals surface area contributed by atoms with Gasteiger partial charge in [0.2, 0.25) is 0 Å². The Morgan fingerprint density at radius 3 is 2.51 bits per heavy atom. The summed E-state index contributed by atoms with van der Waals surface area (Å²) in [7, 11) is 1.86. The molecule has 1 aliphatic carbocycles. The van der Waals surface area contributed by atoms with Crippen molar-refractivity contribution in [3.63, 3.8) is 0 Å². The van der Waals surface area contributed by atoms with Gasteiger partial charge in [0, 0.05) is 24.5 Å².